The van der Waals surface area contributed by atoms with Gasteiger partial charge in [-0.15, -0.1) is 0 Å². The summed E-state index contributed by atoms with van der Waals surface area (Å²) in [6.45, 7) is 4.01. The molecule has 9 heteroatoms. The van der Waals surface area contributed by atoms with E-state index < -0.39 is 24.5 Å². The highest BCUT2D eigenvalue weighted by Crippen LogP contribution is 2.22. The van der Waals surface area contributed by atoms with Gasteiger partial charge in [0.15, 0.2) is 12.4 Å². The first-order valence-corrected chi connectivity index (χ1v) is 8.23. The number of nitrogens with one attached hydrogen (secondary N) is 1. The molecule has 0 unspecified atom stereocenters. The van der Waals surface area contributed by atoms with Crippen LogP contribution in [-0.2, 0) is 9.53 Å². The number of hydrogen-bond donors (Lipinski definition) is 1. The van der Waals surface area contributed by atoms with Gasteiger partial charge in [-0.2, -0.15) is 5.10 Å². The van der Waals surface area contributed by atoms with Crippen LogP contribution in [0.5, 0.6) is 0 Å². The molecule has 0 atom stereocenters. The predicted octanol–water partition coefficient (Wildman–Crippen LogP) is 1.10. The Morgan fingerprint density at radius 1 is 1.35 bits per heavy atom. The van der Waals surface area contributed by atoms with Crippen molar-refractivity contribution in [3.63, 3.8) is 0 Å². The number of imide groups is 1. The van der Waals surface area contributed by atoms with Gasteiger partial charge in [0.2, 0.25) is 0 Å². The van der Waals surface area contributed by atoms with E-state index in [4.69, 9.17) is 4.74 Å². The largest absolute Gasteiger partial charge is 0.452 e. The van der Waals surface area contributed by atoms with Crippen LogP contribution in [0.3, 0.4) is 0 Å². The van der Waals surface area contributed by atoms with Crippen LogP contribution in [0.4, 0.5) is 4.79 Å². The van der Waals surface area contributed by atoms with Crippen LogP contribution < -0.4 is 5.32 Å². The van der Waals surface area contributed by atoms with Crippen LogP contribution in [0.25, 0.3) is 5.82 Å². The van der Waals surface area contributed by atoms with Crippen molar-refractivity contribution in [3.8, 4) is 5.82 Å². The number of amides is 3. The maximum absolute atomic E-state index is 12.4. The topological polar surface area (TPSA) is 106 Å². The fourth-order valence-electron chi connectivity index (χ4n) is 2.72. The summed E-state index contributed by atoms with van der Waals surface area (Å²) in [5.41, 5.74) is 0.907. The third-order valence-electron chi connectivity index (χ3n) is 3.92. The first kappa shape index (κ1) is 17.6. The second-order valence-electron chi connectivity index (χ2n) is 6.05. The number of carbonyl (C=O) groups excluding carboxylic acids is 3. The number of ether oxygens (including phenoxy) is 1. The Morgan fingerprint density at radius 2 is 2.15 bits per heavy atom. The zero-order chi connectivity index (χ0) is 18.7. The molecule has 3 rings (SSSR count). The second kappa shape index (κ2) is 7.34. The Bertz CT molecular complexity index is 831. The second-order valence-corrected chi connectivity index (χ2v) is 6.05. The molecule has 2 aromatic rings. The molecule has 0 radical (unpaired) electrons. The maximum Gasteiger partial charge on any atom is 0.342 e. The van der Waals surface area contributed by atoms with Crippen LogP contribution >= 0.6 is 0 Å². The summed E-state index contributed by atoms with van der Waals surface area (Å²) >= 11 is 0. The minimum absolute atomic E-state index is 0.0258. The summed E-state index contributed by atoms with van der Waals surface area (Å²) in [4.78, 5) is 41.2. The summed E-state index contributed by atoms with van der Waals surface area (Å²) < 4.78 is 6.69. The third-order valence-corrected chi connectivity index (χ3v) is 3.92. The minimum atomic E-state index is -0.663. The average molecular weight is 357 g/mol. The molecular formula is C17H19N5O4. The molecule has 0 spiro atoms. The smallest absolute Gasteiger partial charge is 0.342 e. The number of urea groups is 1. The quantitative estimate of drug-likeness (QED) is 0.803. The minimum Gasteiger partial charge on any atom is -0.452 e. The maximum atomic E-state index is 12.4. The number of aromatic nitrogens is 3. The lowest BCUT2D eigenvalue weighted by Crippen LogP contribution is -2.37. The van der Waals surface area contributed by atoms with E-state index >= 15 is 0 Å². The van der Waals surface area contributed by atoms with Crippen molar-refractivity contribution in [2.75, 3.05) is 19.7 Å². The highest BCUT2D eigenvalue weighted by atomic mass is 16.5. The van der Waals surface area contributed by atoms with Gasteiger partial charge >= 0.3 is 12.0 Å². The van der Waals surface area contributed by atoms with E-state index in [0.717, 1.165) is 4.90 Å². The summed E-state index contributed by atoms with van der Waals surface area (Å²) in [7, 11) is 0. The average Bonchev–Trinajstić information content (AvgIpc) is 3.26. The number of rotatable bonds is 5. The first-order chi connectivity index (χ1) is 12.5. The molecule has 1 saturated heterocycles. The molecule has 3 amide bonds. The SMILES string of the molecule is CC(C)c1c(C(=O)OCC(=O)N2CCNC2=O)cnn1-c1ccccn1. The Labute approximate surface area is 150 Å². The summed E-state index contributed by atoms with van der Waals surface area (Å²) in [6, 6.07) is 4.92. The summed E-state index contributed by atoms with van der Waals surface area (Å²) in [5.74, 6) is -0.664. The molecule has 0 aromatic carbocycles. The van der Waals surface area contributed by atoms with Crippen molar-refractivity contribution < 1.29 is 19.1 Å². The van der Waals surface area contributed by atoms with E-state index in [9.17, 15) is 14.4 Å². The number of esters is 1. The number of hydrogen-bond acceptors (Lipinski definition) is 6. The fraction of sp³-hybridized carbons (Fsp3) is 0.353. The molecule has 1 N–H and O–H groups in total. The summed E-state index contributed by atoms with van der Waals surface area (Å²) in [6.07, 6.45) is 3.04. The zero-order valence-electron chi connectivity index (χ0n) is 14.5. The molecule has 1 aliphatic rings. The lowest BCUT2D eigenvalue weighted by Gasteiger charge is -2.13. The molecule has 0 saturated carbocycles. The molecule has 0 aliphatic carbocycles. The lowest BCUT2D eigenvalue weighted by molar-refractivity contribution is -0.130. The molecule has 26 heavy (non-hydrogen) atoms. The molecule has 1 fully saturated rings. The van der Waals surface area contributed by atoms with Crippen molar-refractivity contribution >= 4 is 17.9 Å². The molecule has 9 nitrogen and oxygen atoms in total. The molecule has 0 bridgehead atoms. The van der Waals surface area contributed by atoms with Gasteiger partial charge in [0.25, 0.3) is 5.91 Å². The third kappa shape index (κ3) is 3.41. The van der Waals surface area contributed by atoms with Crippen molar-refractivity contribution in [1.29, 1.82) is 0 Å². The predicted molar refractivity (Wildman–Crippen MR) is 90.8 cm³/mol. The van der Waals surface area contributed by atoms with Gasteiger partial charge in [0.1, 0.15) is 5.56 Å². The lowest BCUT2D eigenvalue weighted by atomic mass is 10.1. The van der Waals surface area contributed by atoms with Gasteiger partial charge in [-0.25, -0.2) is 19.3 Å². The van der Waals surface area contributed by atoms with Gasteiger partial charge in [-0.05, 0) is 18.1 Å². The van der Waals surface area contributed by atoms with Crippen LogP contribution in [0.1, 0.15) is 35.8 Å². The van der Waals surface area contributed by atoms with Crippen molar-refractivity contribution in [2.24, 2.45) is 0 Å². The van der Waals surface area contributed by atoms with E-state index in [2.05, 4.69) is 15.4 Å². The molecule has 136 valence electrons. The van der Waals surface area contributed by atoms with Gasteiger partial charge in [0, 0.05) is 19.3 Å². The van der Waals surface area contributed by atoms with Crippen LogP contribution in [0.15, 0.2) is 30.6 Å². The van der Waals surface area contributed by atoms with Crippen molar-refractivity contribution in [3.05, 3.63) is 41.9 Å². The number of pyridine rings is 1. The van der Waals surface area contributed by atoms with Gasteiger partial charge in [0.05, 0.1) is 11.9 Å². The van der Waals surface area contributed by atoms with E-state index in [1.807, 2.05) is 19.9 Å². The Morgan fingerprint density at radius 3 is 2.77 bits per heavy atom. The van der Waals surface area contributed by atoms with Crippen molar-refractivity contribution in [2.45, 2.75) is 19.8 Å². The Balaban J connectivity index is 1.76. The molecule has 1 aliphatic heterocycles. The monoisotopic (exact) mass is 357 g/mol. The van der Waals surface area contributed by atoms with E-state index in [1.165, 1.54) is 6.20 Å². The Kier molecular flexibility index (Phi) is 4.97. The standard InChI is InChI=1S/C17H19N5O4/c1-11(2)15-12(9-20-22(15)13-5-3-4-6-18-13)16(24)26-10-14(23)21-8-7-19-17(21)25/h3-6,9,11H,7-8,10H2,1-2H3,(H,19,25). The van der Waals surface area contributed by atoms with Crippen LogP contribution in [-0.4, -0.2) is 57.3 Å². The number of nitrogens with zero attached hydrogens (tertiary/aromatic N) is 4. The first-order valence-electron chi connectivity index (χ1n) is 8.23. The fourth-order valence-corrected chi connectivity index (χ4v) is 2.72. The summed E-state index contributed by atoms with van der Waals surface area (Å²) in [5, 5.41) is 6.76. The van der Waals surface area contributed by atoms with Gasteiger partial charge in [-0.3, -0.25) is 9.69 Å². The highest BCUT2D eigenvalue weighted by Gasteiger charge is 2.28. The molecular weight excluding hydrogens is 338 g/mol. The molecule has 3 heterocycles. The zero-order valence-corrected chi connectivity index (χ0v) is 14.5. The Hall–Kier alpha value is -3.23. The highest BCUT2D eigenvalue weighted by molar-refractivity contribution is 5.98. The van der Waals surface area contributed by atoms with Crippen LogP contribution in [0.2, 0.25) is 0 Å². The van der Waals surface area contributed by atoms with E-state index in [-0.39, 0.29) is 18.0 Å². The van der Waals surface area contributed by atoms with Crippen molar-refractivity contribution in [1.82, 2.24) is 25.0 Å². The molecule has 2 aromatic heterocycles. The van der Waals surface area contributed by atoms with E-state index in [0.29, 0.717) is 18.1 Å². The van der Waals surface area contributed by atoms with E-state index in [1.54, 1.807) is 23.0 Å². The number of carbonyl (C=O) groups is 3. The van der Waals surface area contributed by atoms with Gasteiger partial charge in [-0.1, -0.05) is 19.9 Å². The van der Waals surface area contributed by atoms with Crippen LogP contribution in [0, 0.1) is 0 Å². The normalized spacial score (nSPS) is 13.8. The van der Waals surface area contributed by atoms with Gasteiger partial charge < -0.3 is 10.1 Å².